The van der Waals surface area contributed by atoms with E-state index in [1.807, 2.05) is 13.8 Å². The molecule has 0 bridgehead atoms. The van der Waals surface area contributed by atoms with E-state index in [9.17, 15) is 0 Å². The molecule has 0 saturated carbocycles. The summed E-state index contributed by atoms with van der Waals surface area (Å²) in [6.07, 6.45) is 0.387. The Bertz CT molecular complexity index is 235. The monoisotopic (exact) mass is 109 g/mol. The van der Waals surface area contributed by atoms with Crippen LogP contribution in [0.2, 0.25) is 0 Å². The first-order valence-electron chi connectivity index (χ1n) is 3.52. The number of aromatic nitrogens is 1. The summed E-state index contributed by atoms with van der Waals surface area (Å²) >= 11 is 0. The summed E-state index contributed by atoms with van der Waals surface area (Å²) in [5.74, 6) is 0. The zero-order valence-electron chi connectivity index (χ0n) is 7.02. The van der Waals surface area contributed by atoms with Crippen molar-refractivity contribution in [2.24, 2.45) is 0 Å². The molecule has 0 saturated heterocycles. The molecular formula is C7H9N. The standard InChI is InChI=1S/C7H9N/c1-6-3-4-8-5-7(6)2/h3-5H,1-2H3/i4D,5D. The van der Waals surface area contributed by atoms with E-state index < -0.39 is 0 Å². The van der Waals surface area contributed by atoms with Crippen LogP contribution in [-0.2, 0) is 0 Å². The molecule has 0 N–H and O–H groups in total. The van der Waals surface area contributed by atoms with Crippen LogP contribution in [-0.4, -0.2) is 4.98 Å². The number of pyridine rings is 1. The molecule has 0 amide bonds. The lowest BCUT2D eigenvalue weighted by atomic mass is 10.2. The third-order valence-electron chi connectivity index (χ3n) is 1.16. The molecule has 0 aromatic carbocycles. The molecule has 1 aromatic rings. The third-order valence-corrected chi connectivity index (χ3v) is 1.16. The second kappa shape index (κ2) is 1.95. The molecule has 0 aliphatic heterocycles. The van der Waals surface area contributed by atoms with Gasteiger partial charge in [-0.15, -0.1) is 0 Å². The number of aryl methyl sites for hydroxylation is 1. The quantitative estimate of drug-likeness (QED) is 0.494. The molecule has 1 heterocycles. The highest BCUT2D eigenvalue weighted by Crippen LogP contribution is 2.00. The summed E-state index contributed by atoms with van der Waals surface area (Å²) in [5, 5.41) is 0. The summed E-state index contributed by atoms with van der Waals surface area (Å²) in [6.45, 7) is 3.72. The molecule has 1 rings (SSSR count). The summed E-state index contributed by atoms with van der Waals surface area (Å²) in [5.41, 5.74) is 1.82. The van der Waals surface area contributed by atoms with Crippen LogP contribution in [0.5, 0.6) is 0 Å². The van der Waals surface area contributed by atoms with Crippen molar-refractivity contribution < 1.29 is 2.74 Å². The Morgan fingerprint density at radius 2 is 2.25 bits per heavy atom. The van der Waals surface area contributed by atoms with Gasteiger partial charge >= 0.3 is 0 Å². The second-order valence-corrected chi connectivity index (χ2v) is 1.81. The molecule has 0 fully saturated rings. The molecule has 0 aliphatic carbocycles. The SMILES string of the molecule is [2H]c1cc(C)c(C)c([2H])n1. The van der Waals surface area contributed by atoms with E-state index in [0.717, 1.165) is 11.1 Å². The molecule has 1 heteroatoms. The highest BCUT2D eigenvalue weighted by molar-refractivity contribution is 5.18. The van der Waals surface area contributed by atoms with E-state index in [1.165, 1.54) is 0 Å². The van der Waals surface area contributed by atoms with Gasteiger partial charge in [-0.2, -0.15) is 0 Å². The predicted molar refractivity (Wildman–Crippen MR) is 33.7 cm³/mol. The first-order chi connectivity index (χ1) is 4.61. The first-order valence-corrected chi connectivity index (χ1v) is 2.52. The summed E-state index contributed by atoms with van der Waals surface area (Å²) < 4.78 is 14.4. The van der Waals surface area contributed by atoms with Crippen LogP contribution in [0.15, 0.2) is 18.4 Å². The minimum absolute atomic E-state index is 0.174. The number of nitrogens with zero attached hydrogens (tertiary/aromatic N) is 1. The Labute approximate surface area is 52.2 Å². The predicted octanol–water partition coefficient (Wildman–Crippen LogP) is 1.70. The Balaban J connectivity index is 3.31. The van der Waals surface area contributed by atoms with Gasteiger partial charge in [0.25, 0.3) is 0 Å². The average Bonchev–Trinajstić information content (AvgIpc) is 1.82. The second-order valence-electron chi connectivity index (χ2n) is 1.81. The van der Waals surface area contributed by atoms with Gasteiger partial charge in [0.1, 0.15) is 0 Å². The lowest BCUT2D eigenvalue weighted by Gasteiger charge is -1.92. The number of rotatable bonds is 0. The van der Waals surface area contributed by atoms with Crippen LogP contribution in [0.4, 0.5) is 0 Å². The van der Waals surface area contributed by atoms with Crippen LogP contribution in [0.25, 0.3) is 0 Å². The maximum Gasteiger partial charge on any atom is 0.0843 e. The van der Waals surface area contributed by atoms with Crippen LogP contribution in [0.3, 0.4) is 0 Å². The Kier molecular flexibility index (Phi) is 0.787. The van der Waals surface area contributed by atoms with Crippen molar-refractivity contribution in [3.8, 4) is 0 Å². The molecule has 0 spiro atoms. The van der Waals surface area contributed by atoms with Crippen LogP contribution >= 0.6 is 0 Å². The fourth-order valence-corrected chi connectivity index (χ4v) is 0.442. The highest BCUT2D eigenvalue weighted by atomic mass is 14.6. The van der Waals surface area contributed by atoms with Crippen molar-refractivity contribution in [1.82, 2.24) is 4.98 Å². The lowest BCUT2D eigenvalue weighted by Crippen LogP contribution is -1.78. The first kappa shape index (κ1) is 3.23. The van der Waals surface area contributed by atoms with E-state index in [2.05, 4.69) is 4.98 Å². The summed E-state index contributed by atoms with van der Waals surface area (Å²) in [7, 11) is 0. The van der Waals surface area contributed by atoms with Crippen molar-refractivity contribution in [2.45, 2.75) is 13.8 Å². The minimum Gasteiger partial charge on any atom is -0.264 e. The Morgan fingerprint density at radius 3 is 2.88 bits per heavy atom. The van der Waals surface area contributed by atoms with Gasteiger partial charge in [-0.3, -0.25) is 4.98 Å². The maximum atomic E-state index is 7.27. The highest BCUT2D eigenvalue weighted by Gasteiger charge is 1.84. The largest absolute Gasteiger partial charge is 0.264 e. The smallest absolute Gasteiger partial charge is 0.0843 e. The molecule has 1 nitrogen and oxygen atoms in total. The van der Waals surface area contributed by atoms with Crippen molar-refractivity contribution >= 4 is 0 Å². The van der Waals surface area contributed by atoms with Gasteiger partial charge in [-0.25, -0.2) is 0 Å². The molecule has 0 atom stereocenters. The van der Waals surface area contributed by atoms with Gasteiger partial charge in [-0.05, 0) is 31.0 Å². The van der Waals surface area contributed by atoms with Crippen molar-refractivity contribution in [3.05, 3.63) is 29.5 Å². The fourth-order valence-electron chi connectivity index (χ4n) is 0.442. The summed E-state index contributed by atoms with van der Waals surface area (Å²) in [4.78, 5) is 3.67. The maximum absolute atomic E-state index is 7.27. The molecule has 8 heavy (non-hydrogen) atoms. The van der Waals surface area contributed by atoms with E-state index in [0.29, 0.717) is 0 Å². The Morgan fingerprint density at radius 1 is 1.50 bits per heavy atom. The van der Waals surface area contributed by atoms with E-state index in [1.54, 1.807) is 6.07 Å². The number of hydrogen-bond acceptors (Lipinski definition) is 1. The van der Waals surface area contributed by atoms with Gasteiger partial charge in [0.05, 0.1) is 2.74 Å². The average molecular weight is 109 g/mol. The molecule has 1 aromatic heterocycles. The van der Waals surface area contributed by atoms with Crippen LogP contribution in [0.1, 0.15) is 13.9 Å². The minimum atomic E-state index is 0.174. The van der Waals surface area contributed by atoms with Gasteiger partial charge in [0.2, 0.25) is 0 Å². The third kappa shape index (κ3) is 0.861. The van der Waals surface area contributed by atoms with E-state index in [4.69, 9.17) is 2.74 Å². The summed E-state index contributed by atoms with van der Waals surface area (Å²) in [6, 6.07) is 1.66. The zero-order valence-corrected chi connectivity index (χ0v) is 5.02. The van der Waals surface area contributed by atoms with Gasteiger partial charge in [0, 0.05) is 12.3 Å². The van der Waals surface area contributed by atoms with Crippen LogP contribution in [0, 0.1) is 13.8 Å². The lowest BCUT2D eigenvalue weighted by molar-refractivity contribution is 1.22. The van der Waals surface area contributed by atoms with Crippen molar-refractivity contribution in [3.63, 3.8) is 0 Å². The fraction of sp³-hybridized carbons (Fsp3) is 0.286. The Hall–Kier alpha value is -0.850. The van der Waals surface area contributed by atoms with Gasteiger partial charge in [-0.1, -0.05) is 0 Å². The van der Waals surface area contributed by atoms with Crippen molar-refractivity contribution in [1.29, 1.82) is 0 Å². The van der Waals surface area contributed by atoms with Gasteiger partial charge < -0.3 is 0 Å². The number of hydrogen-bond donors (Lipinski definition) is 0. The molecule has 0 radical (unpaired) electrons. The normalized spacial score (nSPS) is 12.8. The topological polar surface area (TPSA) is 12.9 Å². The van der Waals surface area contributed by atoms with Crippen molar-refractivity contribution in [2.75, 3.05) is 0 Å². The van der Waals surface area contributed by atoms with E-state index >= 15 is 0 Å². The van der Waals surface area contributed by atoms with E-state index in [-0.39, 0.29) is 12.3 Å². The van der Waals surface area contributed by atoms with Crippen LogP contribution < -0.4 is 0 Å². The molecule has 0 aliphatic rings. The van der Waals surface area contributed by atoms with Gasteiger partial charge in [0.15, 0.2) is 0 Å². The zero-order chi connectivity index (χ0) is 7.72. The molecular weight excluding hydrogens is 98.1 g/mol. The molecule has 42 valence electrons. The molecule has 0 unspecified atom stereocenters.